The van der Waals surface area contributed by atoms with Crippen molar-refractivity contribution in [3.63, 3.8) is 0 Å². The fourth-order valence-corrected chi connectivity index (χ4v) is 4.68. The lowest BCUT2D eigenvalue weighted by Gasteiger charge is -2.14. The molecule has 8 heteroatoms. The van der Waals surface area contributed by atoms with Crippen LogP contribution in [0.25, 0.3) is 6.08 Å². The third kappa shape index (κ3) is 7.97. The molecule has 0 spiro atoms. The molecule has 1 aromatic heterocycles. The second-order valence-corrected chi connectivity index (χ2v) is 10.8. The van der Waals surface area contributed by atoms with Crippen LogP contribution >= 0.6 is 11.8 Å². The highest BCUT2D eigenvalue weighted by Crippen LogP contribution is 2.27. The number of anilines is 2. The van der Waals surface area contributed by atoms with Crippen molar-refractivity contribution in [2.24, 2.45) is 0 Å². The summed E-state index contributed by atoms with van der Waals surface area (Å²) in [5.74, 6) is -0.218. The van der Waals surface area contributed by atoms with Crippen molar-refractivity contribution in [1.29, 1.82) is 0 Å². The highest BCUT2D eigenvalue weighted by atomic mass is 32.2. The maximum absolute atomic E-state index is 13.2. The maximum Gasteiger partial charge on any atom is 0.272 e. The van der Waals surface area contributed by atoms with Gasteiger partial charge in [-0.2, -0.15) is 0 Å². The Balaban J connectivity index is 1.42. The number of amides is 3. The van der Waals surface area contributed by atoms with E-state index in [0.29, 0.717) is 22.9 Å². The van der Waals surface area contributed by atoms with Crippen LogP contribution in [0.2, 0.25) is 0 Å². The van der Waals surface area contributed by atoms with Crippen LogP contribution in [0.5, 0.6) is 0 Å². The van der Waals surface area contributed by atoms with Crippen molar-refractivity contribution < 1.29 is 18.8 Å². The minimum absolute atomic E-state index is 0.0260. The molecule has 1 atom stereocenters. The van der Waals surface area contributed by atoms with Crippen molar-refractivity contribution in [2.45, 2.75) is 36.8 Å². The van der Waals surface area contributed by atoms with E-state index in [1.54, 1.807) is 54.6 Å². The topological polar surface area (TPSA) is 100 Å². The van der Waals surface area contributed by atoms with Crippen molar-refractivity contribution in [3.8, 4) is 0 Å². The van der Waals surface area contributed by atoms with E-state index in [-0.39, 0.29) is 16.9 Å². The molecule has 204 valence electrons. The number of carbonyl (C=O) groups excluding carboxylic acids is 3. The zero-order chi connectivity index (χ0) is 28.5. The van der Waals surface area contributed by atoms with E-state index in [4.69, 9.17) is 4.42 Å². The Kier molecular flexibility index (Phi) is 9.59. The van der Waals surface area contributed by atoms with Gasteiger partial charge in [-0.25, -0.2) is 0 Å². The van der Waals surface area contributed by atoms with Gasteiger partial charge in [-0.05, 0) is 73.0 Å². The predicted octanol–water partition coefficient (Wildman–Crippen LogP) is 6.93. The Morgan fingerprint density at radius 1 is 0.800 bits per heavy atom. The van der Waals surface area contributed by atoms with Gasteiger partial charge in [-0.15, -0.1) is 11.8 Å². The van der Waals surface area contributed by atoms with E-state index < -0.39 is 11.8 Å². The third-order valence-electron chi connectivity index (χ3n) is 5.98. The van der Waals surface area contributed by atoms with Crippen LogP contribution in [-0.4, -0.2) is 23.0 Å². The third-order valence-corrected chi connectivity index (χ3v) is 7.07. The second-order valence-electron chi connectivity index (χ2n) is 9.40. The van der Waals surface area contributed by atoms with Gasteiger partial charge in [0.2, 0.25) is 5.91 Å². The number of hydrogen-bond acceptors (Lipinski definition) is 5. The summed E-state index contributed by atoms with van der Waals surface area (Å²) < 4.78 is 5.35. The molecule has 0 saturated heterocycles. The van der Waals surface area contributed by atoms with Crippen molar-refractivity contribution in [3.05, 3.63) is 120 Å². The highest BCUT2D eigenvalue weighted by Gasteiger charge is 2.18. The van der Waals surface area contributed by atoms with Gasteiger partial charge in [-0.1, -0.05) is 50.2 Å². The van der Waals surface area contributed by atoms with E-state index in [0.717, 1.165) is 10.6 Å². The first-order chi connectivity index (χ1) is 19.3. The van der Waals surface area contributed by atoms with Crippen LogP contribution < -0.4 is 16.0 Å². The molecule has 1 unspecified atom stereocenters. The van der Waals surface area contributed by atoms with E-state index in [9.17, 15) is 14.4 Å². The molecule has 7 nitrogen and oxygen atoms in total. The zero-order valence-corrected chi connectivity index (χ0v) is 23.3. The van der Waals surface area contributed by atoms with E-state index in [1.807, 2.05) is 43.3 Å². The molecule has 3 aromatic carbocycles. The highest BCUT2D eigenvalue weighted by molar-refractivity contribution is 8.00. The van der Waals surface area contributed by atoms with E-state index in [1.165, 1.54) is 29.7 Å². The number of nitrogens with one attached hydrogen (secondary N) is 3. The number of carbonyl (C=O) groups is 3. The lowest BCUT2D eigenvalue weighted by molar-refractivity contribution is -0.115. The number of thioether (sulfide) groups is 1. The first-order valence-electron chi connectivity index (χ1n) is 12.9. The molecule has 0 saturated carbocycles. The second kappa shape index (κ2) is 13.5. The van der Waals surface area contributed by atoms with Crippen molar-refractivity contribution in [2.75, 3.05) is 10.6 Å². The van der Waals surface area contributed by atoms with Crippen molar-refractivity contribution in [1.82, 2.24) is 5.32 Å². The Morgan fingerprint density at radius 2 is 1.55 bits per heavy atom. The molecule has 3 N–H and O–H groups in total. The van der Waals surface area contributed by atoms with Crippen LogP contribution in [-0.2, 0) is 9.59 Å². The molecule has 0 bridgehead atoms. The fourth-order valence-electron chi connectivity index (χ4n) is 3.76. The van der Waals surface area contributed by atoms with Gasteiger partial charge in [0.05, 0.1) is 11.5 Å². The Bertz CT molecular complexity index is 1480. The van der Waals surface area contributed by atoms with Gasteiger partial charge in [0.25, 0.3) is 11.8 Å². The summed E-state index contributed by atoms with van der Waals surface area (Å²) in [6, 6.07) is 27.1. The Labute approximate surface area is 238 Å². The predicted molar refractivity (Wildman–Crippen MR) is 160 cm³/mol. The first kappa shape index (κ1) is 28.4. The molecular formula is C32H31N3O4S. The lowest BCUT2D eigenvalue weighted by atomic mass is 10.0. The van der Waals surface area contributed by atoms with Crippen LogP contribution in [0.3, 0.4) is 0 Å². The summed E-state index contributed by atoms with van der Waals surface area (Å²) in [7, 11) is 0. The van der Waals surface area contributed by atoms with E-state index >= 15 is 0 Å². The molecule has 1 heterocycles. The smallest absolute Gasteiger partial charge is 0.272 e. The molecule has 40 heavy (non-hydrogen) atoms. The SMILES string of the molecule is CC(Sc1cccc(NC(=O)/C(=C/c2ccco2)NC(=O)c2ccccc2)c1)C(=O)Nc1ccc(C(C)C)cc1. The quantitative estimate of drug-likeness (QED) is 0.146. The number of rotatable bonds is 10. The van der Waals surface area contributed by atoms with Gasteiger partial charge in [-0.3, -0.25) is 14.4 Å². The molecule has 4 aromatic rings. The molecule has 4 rings (SSSR count). The molecule has 3 amide bonds. The average molecular weight is 554 g/mol. The molecule has 0 fully saturated rings. The minimum atomic E-state index is -0.515. The average Bonchev–Trinajstić information content (AvgIpc) is 3.47. The summed E-state index contributed by atoms with van der Waals surface area (Å²) in [4.78, 5) is 39.6. The Morgan fingerprint density at radius 3 is 2.23 bits per heavy atom. The molecular weight excluding hydrogens is 522 g/mol. The van der Waals surface area contributed by atoms with Gasteiger partial charge < -0.3 is 20.4 Å². The van der Waals surface area contributed by atoms with Crippen LogP contribution in [0.15, 0.2) is 112 Å². The lowest BCUT2D eigenvalue weighted by Crippen LogP contribution is -2.30. The van der Waals surface area contributed by atoms with Crippen LogP contribution in [0, 0.1) is 0 Å². The normalized spacial score (nSPS) is 12.1. The van der Waals surface area contributed by atoms with Crippen LogP contribution in [0.1, 0.15) is 48.4 Å². The summed E-state index contributed by atoms with van der Waals surface area (Å²) >= 11 is 1.38. The summed E-state index contributed by atoms with van der Waals surface area (Å²) in [5.41, 5.74) is 2.92. The molecule has 0 radical (unpaired) electrons. The molecule has 0 aliphatic rings. The first-order valence-corrected chi connectivity index (χ1v) is 13.8. The van der Waals surface area contributed by atoms with Gasteiger partial charge in [0.1, 0.15) is 11.5 Å². The van der Waals surface area contributed by atoms with Crippen molar-refractivity contribution >= 4 is 46.9 Å². The minimum Gasteiger partial charge on any atom is -0.465 e. The van der Waals surface area contributed by atoms with Gasteiger partial charge >= 0.3 is 0 Å². The zero-order valence-electron chi connectivity index (χ0n) is 22.5. The monoisotopic (exact) mass is 553 g/mol. The number of hydrogen-bond donors (Lipinski definition) is 3. The van der Waals surface area contributed by atoms with Crippen LogP contribution in [0.4, 0.5) is 11.4 Å². The largest absolute Gasteiger partial charge is 0.465 e. The molecule has 0 aliphatic heterocycles. The summed E-state index contributed by atoms with van der Waals surface area (Å²) in [5, 5.41) is 8.09. The maximum atomic E-state index is 13.2. The summed E-state index contributed by atoms with van der Waals surface area (Å²) in [6.07, 6.45) is 2.95. The summed E-state index contributed by atoms with van der Waals surface area (Å²) in [6.45, 7) is 6.08. The molecule has 0 aliphatic carbocycles. The number of furan rings is 1. The number of benzene rings is 3. The standard InChI is InChI=1S/C32H31N3O4S/c1-21(2)23-14-16-25(17-15-23)33-30(36)22(3)40-28-13-7-11-26(19-28)34-32(38)29(20-27-12-8-18-39-27)35-31(37)24-9-5-4-6-10-24/h4-22H,1-3H3,(H,33,36)(H,34,38)(H,35,37)/b29-20-. The van der Waals surface area contributed by atoms with Gasteiger partial charge in [0.15, 0.2) is 0 Å². The fraction of sp³-hybridized carbons (Fsp3) is 0.156. The van der Waals surface area contributed by atoms with E-state index in [2.05, 4.69) is 29.8 Å². The van der Waals surface area contributed by atoms with Gasteiger partial charge in [0, 0.05) is 27.9 Å². The Hall–Kier alpha value is -4.56.